The number of fused-ring (bicyclic) bond motifs is 1. The van der Waals surface area contributed by atoms with E-state index in [9.17, 15) is 18.0 Å². The number of nitrogens with two attached hydrogens (primary N) is 1. The van der Waals surface area contributed by atoms with Crippen molar-refractivity contribution in [3.8, 4) is 11.6 Å². The first kappa shape index (κ1) is 19.4. The van der Waals surface area contributed by atoms with Crippen LogP contribution in [0.2, 0.25) is 0 Å². The number of benzene rings is 1. The van der Waals surface area contributed by atoms with Gasteiger partial charge in [-0.15, -0.1) is 0 Å². The van der Waals surface area contributed by atoms with E-state index in [1.807, 2.05) is 0 Å². The fourth-order valence-electron chi connectivity index (χ4n) is 2.75. The molecule has 0 saturated heterocycles. The van der Waals surface area contributed by atoms with Crippen molar-refractivity contribution in [1.82, 2.24) is 30.4 Å². The first-order chi connectivity index (χ1) is 14.2. The van der Waals surface area contributed by atoms with Gasteiger partial charge in [0, 0.05) is 12.1 Å². The molecule has 0 spiro atoms. The molecule has 0 radical (unpaired) electrons. The summed E-state index contributed by atoms with van der Waals surface area (Å²) in [5.74, 6) is 0.0990. The van der Waals surface area contributed by atoms with Gasteiger partial charge < -0.3 is 20.6 Å². The predicted molar refractivity (Wildman–Crippen MR) is 98.9 cm³/mol. The predicted octanol–water partition coefficient (Wildman–Crippen LogP) is 3.10. The molecule has 4 N–H and O–H groups in total. The molecule has 4 rings (SSSR count). The maximum Gasteiger partial charge on any atom is 0.416 e. The Bertz CT molecular complexity index is 1230. The van der Waals surface area contributed by atoms with Crippen LogP contribution in [0.15, 0.2) is 41.2 Å². The van der Waals surface area contributed by atoms with E-state index >= 15 is 0 Å². The number of amides is 1. The van der Waals surface area contributed by atoms with Crippen LogP contribution in [0.5, 0.6) is 0 Å². The van der Waals surface area contributed by atoms with E-state index in [4.69, 9.17) is 10.3 Å². The molecule has 3 heterocycles. The highest BCUT2D eigenvalue weighted by atomic mass is 19.4. The molecule has 3 aromatic heterocycles. The van der Waals surface area contributed by atoms with Crippen LogP contribution in [0.1, 0.15) is 34.7 Å². The third-order valence-electron chi connectivity index (χ3n) is 4.28. The van der Waals surface area contributed by atoms with Crippen LogP contribution in [-0.2, 0) is 6.18 Å². The van der Waals surface area contributed by atoms with Gasteiger partial charge in [0.1, 0.15) is 23.5 Å². The molecule has 0 aliphatic carbocycles. The fourth-order valence-corrected chi connectivity index (χ4v) is 2.75. The third kappa shape index (κ3) is 3.79. The molecule has 1 amide bonds. The van der Waals surface area contributed by atoms with Gasteiger partial charge in [0.15, 0.2) is 5.82 Å². The van der Waals surface area contributed by atoms with Gasteiger partial charge in [0.05, 0.1) is 22.6 Å². The van der Waals surface area contributed by atoms with Crippen LogP contribution in [0.4, 0.5) is 19.0 Å². The molecule has 12 heteroatoms. The second kappa shape index (κ2) is 7.13. The molecule has 154 valence electrons. The summed E-state index contributed by atoms with van der Waals surface area (Å²) in [6, 6.07) is 5.51. The average molecular weight is 417 g/mol. The Morgan fingerprint density at radius 1 is 1.23 bits per heavy atom. The van der Waals surface area contributed by atoms with Gasteiger partial charge >= 0.3 is 6.18 Å². The molecular formula is C18H14F3N7O2. The maximum atomic E-state index is 12.9. The lowest BCUT2D eigenvalue weighted by Crippen LogP contribution is -2.27. The molecule has 1 atom stereocenters. The molecule has 0 saturated carbocycles. The Morgan fingerprint density at radius 2 is 2.03 bits per heavy atom. The molecule has 4 aromatic rings. The second-order valence-electron chi connectivity index (χ2n) is 6.45. The van der Waals surface area contributed by atoms with Crippen molar-refractivity contribution in [2.75, 3.05) is 5.73 Å². The number of nitrogen functional groups attached to an aromatic ring is 1. The molecule has 0 bridgehead atoms. The minimum atomic E-state index is -4.46. The van der Waals surface area contributed by atoms with E-state index < -0.39 is 23.7 Å². The van der Waals surface area contributed by atoms with E-state index in [-0.39, 0.29) is 28.6 Å². The molecule has 0 aliphatic rings. The highest BCUT2D eigenvalue weighted by molar-refractivity contribution is 5.93. The lowest BCUT2D eigenvalue weighted by atomic mass is 10.2. The number of halogens is 3. The van der Waals surface area contributed by atoms with Crippen molar-refractivity contribution in [1.29, 1.82) is 0 Å². The van der Waals surface area contributed by atoms with E-state index in [1.54, 1.807) is 6.92 Å². The molecule has 1 aromatic carbocycles. The summed E-state index contributed by atoms with van der Waals surface area (Å²) >= 11 is 0. The van der Waals surface area contributed by atoms with E-state index in [2.05, 4.69) is 30.4 Å². The highest BCUT2D eigenvalue weighted by Crippen LogP contribution is 2.32. The molecular weight excluding hydrogens is 403 g/mol. The lowest BCUT2D eigenvalue weighted by molar-refractivity contribution is -0.137. The van der Waals surface area contributed by atoms with Gasteiger partial charge in [-0.2, -0.15) is 13.2 Å². The summed E-state index contributed by atoms with van der Waals surface area (Å²) < 4.78 is 43.9. The number of hydrogen-bond acceptors (Lipinski definition) is 7. The second-order valence-corrected chi connectivity index (χ2v) is 6.45. The van der Waals surface area contributed by atoms with Crippen molar-refractivity contribution in [2.24, 2.45) is 0 Å². The van der Waals surface area contributed by atoms with Crippen LogP contribution >= 0.6 is 0 Å². The Hall–Kier alpha value is -3.96. The number of rotatable bonds is 4. The van der Waals surface area contributed by atoms with E-state index in [0.29, 0.717) is 11.2 Å². The number of hydrogen-bond donors (Lipinski definition) is 3. The first-order valence-corrected chi connectivity index (χ1v) is 8.63. The number of aromatic nitrogens is 5. The number of carbonyl (C=O) groups excluding carboxylic acids is 1. The monoisotopic (exact) mass is 417 g/mol. The Labute approximate surface area is 166 Å². The molecule has 0 fully saturated rings. The van der Waals surface area contributed by atoms with Crippen LogP contribution in [0, 0.1) is 0 Å². The van der Waals surface area contributed by atoms with Gasteiger partial charge in [-0.3, -0.25) is 4.79 Å². The van der Waals surface area contributed by atoms with E-state index in [0.717, 1.165) is 12.1 Å². The van der Waals surface area contributed by atoms with Crippen LogP contribution in [0.25, 0.3) is 22.6 Å². The largest absolute Gasteiger partial charge is 0.416 e. The molecule has 30 heavy (non-hydrogen) atoms. The summed E-state index contributed by atoms with van der Waals surface area (Å²) in [6.45, 7) is 1.68. The standard InChI is InChI=1S/C18H14F3N7O2/c1-8(25-17(29)13-6-15(22)24-7-23-13)11-5-14(30-28-11)16-26-10-3-2-9(18(19,20)21)4-12(10)27-16/h2-8H,1H3,(H,25,29)(H,26,27)(H2,22,23,24)/t8-/m0/s1. The van der Waals surface area contributed by atoms with Crippen molar-refractivity contribution in [3.05, 3.63) is 53.6 Å². The first-order valence-electron chi connectivity index (χ1n) is 8.63. The summed E-state index contributed by atoms with van der Waals surface area (Å²) in [5, 5.41) is 6.59. The number of alkyl halides is 3. The van der Waals surface area contributed by atoms with Crippen LogP contribution in [-0.4, -0.2) is 31.0 Å². The minimum absolute atomic E-state index is 0.0934. The number of imidazole rings is 1. The summed E-state index contributed by atoms with van der Waals surface area (Å²) in [7, 11) is 0. The normalized spacial score (nSPS) is 12.8. The minimum Gasteiger partial charge on any atom is -0.384 e. The van der Waals surface area contributed by atoms with Gasteiger partial charge in [-0.1, -0.05) is 5.16 Å². The summed E-state index contributed by atoms with van der Waals surface area (Å²) in [6.07, 6.45) is -3.28. The van der Waals surface area contributed by atoms with Crippen LogP contribution < -0.4 is 11.1 Å². The van der Waals surface area contributed by atoms with Gasteiger partial charge in [0.25, 0.3) is 5.91 Å². The van der Waals surface area contributed by atoms with Gasteiger partial charge in [-0.05, 0) is 25.1 Å². The molecule has 0 aliphatic heterocycles. The zero-order valence-electron chi connectivity index (χ0n) is 15.4. The number of anilines is 1. The Balaban J connectivity index is 1.54. The quantitative estimate of drug-likeness (QED) is 0.464. The average Bonchev–Trinajstić information content (AvgIpc) is 3.33. The molecule has 0 unspecified atom stereocenters. The topological polar surface area (TPSA) is 136 Å². The van der Waals surface area contributed by atoms with Crippen molar-refractivity contribution >= 4 is 22.8 Å². The van der Waals surface area contributed by atoms with E-state index in [1.165, 1.54) is 24.5 Å². The zero-order valence-corrected chi connectivity index (χ0v) is 15.4. The summed E-state index contributed by atoms with van der Waals surface area (Å²) in [5.41, 5.74) is 5.79. The van der Waals surface area contributed by atoms with Crippen molar-refractivity contribution < 1.29 is 22.5 Å². The maximum absolute atomic E-state index is 12.9. The number of H-pyrrole nitrogens is 1. The smallest absolute Gasteiger partial charge is 0.384 e. The number of aromatic amines is 1. The fraction of sp³-hybridized carbons (Fsp3) is 0.167. The van der Waals surface area contributed by atoms with Gasteiger partial charge in [-0.25, -0.2) is 15.0 Å². The Kier molecular flexibility index (Phi) is 4.60. The highest BCUT2D eigenvalue weighted by Gasteiger charge is 2.31. The number of nitrogens with zero attached hydrogens (tertiary/aromatic N) is 4. The zero-order chi connectivity index (χ0) is 21.5. The number of nitrogens with one attached hydrogen (secondary N) is 2. The SMILES string of the molecule is C[C@H](NC(=O)c1cc(N)ncn1)c1cc(-c2nc3ccc(C(F)(F)F)cc3[nH]2)on1. The van der Waals surface area contributed by atoms with Crippen molar-refractivity contribution in [2.45, 2.75) is 19.1 Å². The number of carbonyl (C=O) groups is 1. The van der Waals surface area contributed by atoms with Gasteiger partial charge in [0.2, 0.25) is 5.76 Å². The molecule has 9 nitrogen and oxygen atoms in total. The van der Waals surface area contributed by atoms with Crippen LogP contribution in [0.3, 0.4) is 0 Å². The van der Waals surface area contributed by atoms with Crippen molar-refractivity contribution in [3.63, 3.8) is 0 Å². The Morgan fingerprint density at radius 3 is 2.77 bits per heavy atom. The summed E-state index contributed by atoms with van der Waals surface area (Å²) in [4.78, 5) is 26.8. The lowest BCUT2D eigenvalue weighted by Gasteiger charge is -2.10. The third-order valence-corrected chi connectivity index (χ3v) is 4.28.